The van der Waals surface area contributed by atoms with Crippen LogP contribution in [0.5, 0.6) is 5.75 Å². The number of amides is 1. The quantitative estimate of drug-likeness (QED) is 0.669. The number of phenols is 1. The molecule has 3 aromatic rings. The van der Waals surface area contributed by atoms with E-state index in [9.17, 15) is 22.7 Å². The van der Waals surface area contributed by atoms with Crippen molar-refractivity contribution in [2.45, 2.75) is 18.5 Å². The van der Waals surface area contributed by atoms with Crippen molar-refractivity contribution in [3.63, 3.8) is 0 Å². The minimum Gasteiger partial charge on any atom is -0.507 e. The number of aromatic amines is 1. The standard InChI is InChI=1S/C21H18FN3O4S/c22-15-7-3-1-5-13(15)20-17-18(14-6-2-4-8-16(14)26)23-24-19(17)21(27)25(20)12-9-10-30(28,29)11-12/h1-8,12,20,26H,9-11H2,(H,23,24)/t12-,20-/m0/s1. The molecular formula is C21H18FN3O4S. The fraction of sp³-hybridized carbons (Fsp3) is 0.238. The normalized spacial score (nSPS) is 22.4. The van der Waals surface area contributed by atoms with Crippen LogP contribution in [0, 0.1) is 5.82 Å². The monoisotopic (exact) mass is 427 g/mol. The zero-order valence-corrected chi connectivity index (χ0v) is 16.6. The Balaban J connectivity index is 1.72. The van der Waals surface area contributed by atoms with Gasteiger partial charge in [-0.05, 0) is 24.6 Å². The zero-order chi connectivity index (χ0) is 21.0. The second-order valence-electron chi connectivity index (χ2n) is 7.57. The number of carbonyl (C=O) groups excluding carboxylic acids is 1. The molecule has 154 valence electrons. The zero-order valence-electron chi connectivity index (χ0n) is 15.7. The van der Waals surface area contributed by atoms with Gasteiger partial charge in [-0.15, -0.1) is 0 Å². The fourth-order valence-electron chi connectivity index (χ4n) is 4.42. The smallest absolute Gasteiger partial charge is 0.273 e. The third kappa shape index (κ3) is 2.80. The Morgan fingerprint density at radius 1 is 1.13 bits per heavy atom. The van der Waals surface area contributed by atoms with Crippen LogP contribution in [0.25, 0.3) is 11.3 Å². The number of benzene rings is 2. The number of fused-ring (bicyclic) bond motifs is 1. The molecule has 30 heavy (non-hydrogen) atoms. The van der Waals surface area contributed by atoms with Crippen molar-refractivity contribution >= 4 is 15.7 Å². The maximum absolute atomic E-state index is 14.9. The van der Waals surface area contributed by atoms with Gasteiger partial charge in [0.15, 0.2) is 9.84 Å². The number of nitrogens with zero attached hydrogens (tertiary/aromatic N) is 2. The molecule has 2 atom stereocenters. The van der Waals surface area contributed by atoms with E-state index in [0.29, 0.717) is 23.2 Å². The van der Waals surface area contributed by atoms with Crippen molar-refractivity contribution < 1.29 is 22.7 Å². The van der Waals surface area contributed by atoms with Crippen LogP contribution in [0.3, 0.4) is 0 Å². The van der Waals surface area contributed by atoms with Gasteiger partial charge in [-0.1, -0.05) is 30.3 Å². The molecule has 0 unspecified atom stereocenters. The SMILES string of the molecule is O=C1c2[nH]nc(-c3ccccc3O)c2[C@H](c2ccccc2F)N1[C@H]1CCS(=O)(=O)C1. The molecule has 0 radical (unpaired) electrons. The molecule has 3 heterocycles. The predicted molar refractivity (Wildman–Crippen MR) is 107 cm³/mol. The summed E-state index contributed by atoms with van der Waals surface area (Å²) in [5, 5.41) is 17.3. The van der Waals surface area contributed by atoms with E-state index >= 15 is 0 Å². The Hall–Kier alpha value is -3.20. The second kappa shape index (κ2) is 6.66. The number of aromatic hydroxyl groups is 1. The predicted octanol–water partition coefficient (Wildman–Crippen LogP) is 2.65. The van der Waals surface area contributed by atoms with Crippen LogP contribution in [0.2, 0.25) is 0 Å². The van der Waals surface area contributed by atoms with Gasteiger partial charge >= 0.3 is 0 Å². The Bertz CT molecular complexity index is 1270. The van der Waals surface area contributed by atoms with Gasteiger partial charge in [0.2, 0.25) is 0 Å². The van der Waals surface area contributed by atoms with Crippen molar-refractivity contribution in [3.05, 3.63) is 71.2 Å². The number of sulfone groups is 1. The van der Waals surface area contributed by atoms with Crippen molar-refractivity contribution in [1.82, 2.24) is 15.1 Å². The highest BCUT2D eigenvalue weighted by atomic mass is 32.2. The number of aromatic nitrogens is 2. The molecule has 1 saturated heterocycles. The molecule has 0 aliphatic carbocycles. The van der Waals surface area contributed by atoms with E-state index in [2.05, 4.69) is 10.2 Å². The average molecular weight is 427 g/mol. The maximum atomic E-state index is 14.9. The highest BCUT2D eigenvalue weighted by Gasteiger charge is 2.48. The summed E-state index contributed by atoms with van der Waals surface area (Å²) >= 11 is 0. The van der Waals surface area contributed by atoms with E-state index in [1.54, 1.807) is 36.4 Å². The van der Waals surface area contributed by atoms with Crippen molar-refractivity contribution in [3.8, 4) is 17.0 Å². The lowest BCUT2D eigenvalue weighted by Crippen LogP contribution is -2.40. The minimum atomic E-state index is -3.26. The van der Waals surface area contributed by atoms with Crippen molar-refractivity contribution in [2.24, 2.45) is 0 Å². The summed E-state index contributed by atoms with van der Waals surface area (Å²) in [5.74, 6) is -1.11. The Morgan fingerprint density at radius 2 is 1.87 bits per heavy atom. The van der Waals surface area contributed by atoms with Gasteiger partial charge < -0.3 is 10.0 Å². The fourth-order valence-corrected chi connectivity index (χ4v) is 6.13. The summed E-state index contributed by atoms with van der Waals surface area (Å²) in [4.78, 5) is 14.7. The average Bonchev–Trinajstić information content (AvgIpc) is 3.36. The van der Waals surface area contributed by atoms with E-state index < -0.39 is 33.6 Å². The van der Waals surface area contributed by atoms with Gasteiger partial charge in [0, 0.05) is 22.7 Å². The first-order valence-electron chi connectivity index (χ1n) is 9.51. The van der Waals surface area contributed by atoms with Crippen LogP contribution in [0.4, 0.5) is 4.39 Å². The largest absolute Gasteiger partial charge is 0.507 e. The number of hydrogen-bond donors (Lipinski definition) is 2. The highest BCUT2D eigenvalue weighted by molar-refractivity contribution is 7.91. The summed E-state index contributed by atoms with van der Waals surface area (Å²) in [5.41, 5.74) is 1.63. The van der Waals surface area contributed by atoms with Gasteiger partial charge in [-0.3, -0.25) is 9.89 Å². The lowest BCUT2D eigenvalue weighted by Gasteiger charge is -2.31. The van der Waals surface area contributed by atoms with Gasteiger partial charge in [0.05, 0.1) is 17.5 Å². The molecule has 9 heteroatoms. The number of rotatable bonds is 3. The highest BCUT2D eigenvalue weighted by Crippen LogP contribution is 2.46. The summed E-state index contributed by atoms with van der Waals surface area (Å²) in [6.07, 6.45) is 0.294. The van der Waals surface area contributed by atoms with Gasteiger partial charge in [-0.2, -0.15) is 5.10 Å². The Labute approximate surface area is 172 Å². The molecular weight excluding hydrogens is 409 g/mol. The van der Waals surface area contributed by atoms with Gasteiger partial charge in [0.1, 0.15) is 23.0 Å². The van der Waals surface area contributed by atoms with Crippen LogP contribution in [0.1, 0.15) is 34.1 Å². The summed E-state index contributed by atoms with van der Waals surface area (Å²) < 4.78 is 39.0. The van der Waals surface area contributed by atoms with E-state index in [1.165, 1.54) is 17.0 Å². The molecule has 7 nitrogen and oxygen atoms in total. The number of H-pyrrole nitrogens is 1. The van der Waals surface area contributed by atoms with E-state index in [0.717, 1.165) is 0 Å². The van der Waals surface area contributed by atoms with Crippen molar-refractivity contribution in [1.29, 1.82) is 0 Å². The minimum absolute atomic E-state index is 0.00997. The number of carbonyl (C=O) groups is 1. The van der Waals surface area contributed by atoms with Gasteiger partial charge in [0.25, 0.3) is 5.91 Å². The Kier molecular flexibility index (Phi) is 4.18. The van der Waals surface area contributed by atoms with E-state index in [1.807, 2.05) is 0 Å². The van der Waals surface area contributed by atoms with Crippen LogP contribution in [-0.2, 0) is 9.84 Å². The lowest BCUT2D eigenvalue weighted by molar-refractivity contribution is 0.0675. The molecule has 2 aliphatic heterocycles. The molecule has 5 rings (SSSR count). The Morgan fingerprint density at radius 3 is 2.57 bits per heavy atom. The van der Waals surface area contributed by atoms with Crippen LogP contribution in [-0.4, -0.2) is 52.1 Å². The van der Waals surface area contributed by atoms with Crippen LogP contribution >= 0.6 is 0 Å². The number of para-hydroxylation sites is 1. The number of halogens is 1. The van der Waals surface area contributed by atoms with E-state index in [4.69, 9.17) is 0 Å². The first-order chi connectivity index (χ1) is 14.4. The maximum Gasteiger partial charge on any atom is 0.273 e. The molecule has 2 N–H and O–H groups in total. The lowest BCUT2D eigenvalue weighted by atomic mass is 9.94. The summed E-state index contributed by atoms with van der Waals surface area (Å²) in [6, 6.07) is 11.3. The first kappa shape index (κ1) is 18.8. The second-order valence-corrected chi connectivity index (χ2v) is 9.80. The molecule has 0 saturated carbocycles. The number of hydrogen-bond acceptors (Lipinski definition) is 5. The molecule has 2 aromatic carbocycles. The number of phenolic OH excluding ortho intramolecular Hbond substituents is 1. The summed E-state index contributed by atoms with van der Waals surface area (Å²) in [7, 11) is -3.26. The molecule has 1 fully saturated rings. The molecule has 0 spiro atoms. The molecule has 2 aliphatic rings. The molecule has 0 bridgehead atoms. The van der Waals surface area contributed by atoms with E-state index in [-0.39, 0.29) is 28.5 Å². The van der Waals surface area contributed by atoms with Crippen LogP contribution in [0.15, 0.2) is 48.5 Å². The molecule has 1 aromatic heterocycles. The first-order valence-corrected chi connectivity index (χ1v) is 11.3. The third-order valence-corrected chi connectivity index (χ3v) is 7.52. The molecule has 1 amide bonds. The van der Waals surface area contributed by atoms with Crippen LogP contribution < -0.4 is 0 Å². The summed E-state index contributed by atoms with van der Waals surface area (Å²) in [6.45, 7) is 0. The topological polar surface area (TPSA) is 103 Å². The third-order valence-electron chi connectivity index (χ3n) is 5.76. The van der Waals surface area contributed by atoms with Gasteiger partial charge in [-0.25, -0.2) is 12.8 Å². The number of nitrogens with one attached hydrogen (secondary N) is 1. The van der Waals surface area contributed by atoms with Crippen molar-refractivity contribution in [2.75, 3.05) is 11.5 Å².